The van der Waals surface area contributed by atoms with Gasteiger partial charge in [-0.05, 0) is 31.0 Å². The minimum absolute atomic E-state index is 0.00173. The lowest BCUT2D eigenvalue weighted by Gasteiger charge is -2.09. The Kier molecular flexibility index (Phi) is 6.92. The summed E-state index contributed by atoms with van der Waals surface area (Å²) < 4.78 is 10.3. The number of hydrogen-bond donors (Lipinski definition) is 2. The summed E-state index contributed by atoms with van der Waals surface area (Å²) in [5, 5.41) is 2.75. The second-order valence-corrected chi connectivity index (χ2v) is 4.34. The molecule has 1 aromatic rings. The van der Waals surface area contributed by atoms with Crippen LogP contribution in [0, 0.1) is 0 Å². The highest BCUT2D eigenvalue weighted by Gasteiger charge is 2.03. The summed E-state index contributed by atoms with van der Waals surface area (Å²) in [6, 6.07) is 7.43. The zero-order valence-corrected chi connectivity index (χ0v) is 11.5. The molecule has 0 heterocycles. The summed E-state index contributed by atoms with van der Waals surface area (Å²) in [6.45, 7) is 3.17. The van der Waals surface area contributed by atoms with Crippen LogP contribution in [0.4, 0.5) is 0 Å². The van der Waals surface area contributed by atoms with E-state index in [0.29, 0.717) is 18.9 Å². The van der Waals surface area contributed by atoms with Gasteiger partial charge in [-0.3, -0.25) is 4.79 Å². The number of rotatable bonds is 8. The highest BCUT2D eigenvalue weighted by atomic mass is 16.5. The first-order chi connectivity index (χ1) is 9.13. The molecule has 0 fully saturated rings. The van der Waals surface area contributed by atoms with Gasteiger partial charge in [0.15, 0.2) is 6.61 Å². The second kappa shape index (κ2) is 8.50. The highest BCUT2D eigenvalue weighted by Crippen LogP contribution is 2.15. The van der Waals surface area contributed by atoms with Crippen LogP contribution >= 0.6 is 0 Å². The summed E-state index contributed by atoms with van der Waals surface area (Å²) in [5.41, 5.74) is 6.79. The first-order valence-electron chi connectivity index (χ1n) is 6.37. The molecule has 3 N–H and O–H groups in total. The molecule has 0 bridgehead atoms. The number of nitrogens with one attached hydrogen (secondary N) is 1. The summed E-state index contributed by atoms with van der Waals surface area (Å²) in [4.78, 5) is 11.5. The number of carbonyl (C=O) groups is 1. The molecule has 1 aromatic carbocycles. The number of methoxy groups -OCH3 is 1. The standard InChI is InChI=1S/C14H22N2O3/c1-11(15)12-4-6-13(7-5-12)19-10-14(17)16-8-3-9-18-2/h4-7,11H,3,8-10,15H2,1-2H3,(H,16,17). The number of hydrogen-bond acceptors (Lipinski definition) is 4. The van der Waals surface area contributed by atoms with Gasteiger partial charge < -0.3 is 20.5 Å². The Hall–Kier alpha value is -1.59. The van der Waals surface area contributed by atoms with E-state index in [0.717, 1.165) is 12.0 Å². The zero-order chi connectivity index (χ0) is 14.1. The molecule has 0 aliphatic carbocycles. The number of amides is 1. The molecule has 19 heavy (non-hydrogen) atoms. The molecular weight excluding hydrogens is 244 g/mol. The van der Waals surface area contributed by atoms with Gasteiger partial charge in [-0.25, -0.2) is 0 Å². The van der Waals surface area contributed by atoms with E-state index in [-0.39, 0.29) is 18.6 Å². The summed E-state index contributed by atoms with van der Waals surface area (Å²) in [7, 11) is 1.64. The van der Waals surface area contributed by atoms with E-state index in [1.165, 1.54) is 0 Å². The Labute approximate surface area is 114 Å². The van der Waals surface area contributed by atoms with Crippen molar-refractivity contribution >= 4 is 5.91 Å². The average Bonchev–Trinajstić information content (AvgIpc) is 2.42. The van der Waals surface area contributed by atoms with Crippen LogP contribution in [-0.2, 0) is 9.53 Å². The van der Waals surface area contributed by atoms with Gasteiger partial charge in [-0.15, -0.1) is 0 Å². The van der Waals surface area contributed by atoms with Crippen LogP contribution in [-0.4, -0.2) is 32.8 Å². The quantitative estimate of drug-likeness (QED) is 0.694. The van der Waals surface area contributed by atoms with E-state index in [9.17, 15) is 4.79 Å². The van der Waals surface area contributed by atoms with Crippen molar-refractivity contribution < 1.29 is 14.3 Å². The van der Waals surface area contributed by atoms with Crippen molar-refractivity contribution in [3.63, 3.8) is 0 Å². The Morgan fingerprint density at radius 3 is 2.63 bits per heavy atom. The minimum Gasteiger partial charge on any atom is -0.484 e. The molecular formula is C14H22N2O3. The van der Waals surface area contributed by atoms with Gasteiger partial charge in [-0.1, -0.05) is 12.1 Å². The van der Waals surface area contributed by atoms with E-state index >= 15 is 0 Å². The third-order valence-electron chi connectivity index (χ3n) is 2.62. The van der Waals surface area contributed by atoms with Crippen molar-refractivity contribution in [3.8, 4) is 5.75 Å². The van der Waals surface area contributed by atoms with E-state index < -0.39 is 0 Å². The zero-order valence-electron chi connectivity index (χ0n) is 11.5. The summed E-state index contributed by atoms with van der Waals surface area (Å²) >= 11 is 0. The van der Waals surface area contributed by atoms with Crippen LogP contribution in [0.1, 0.15) is 24.9 Å². The lowest BCUT2D eigenvalue weighted by Crippen LogP contribution is -2.30. The van der Waals surface area contributed by atoms with E-state index in [1.54, 1.807) is 7.11 Å². The van der Waals surface area contributed by atoms with Crippen LogP contribution in [0.2, 0.25) is 0 Å². The Morgan fingerprint density at radius 2 is 2.05 bits per heavy atom. The minimum atomic E-state index is -0.132. The lowest BCUT2D eigenvalue weighted by molar-refractivity contribution is -0.123. The third-order valence-corrected chi connectivity index (χ3v) is 2.62. The number of benzene rings is 1. The van der Waals surface area contributed by atoms with Gasteiger partial charge in [0.05, 0.1) is 0 Å². The van der Waals surface area contributed by atoms with E-state index in [2.05, 4.69) is 5.32 Å². The monoisotopic (exact) mass is 266 g/mol. The Balaban J connectivity index is 2.26. The topological polar surface area (TPSA) is 73.6 Å². The number of nitrogens with two attached hydrogens (primary N) is 1. The first-order valence-corrected chi connectivity index (χ1v) is 6.37. The predicted molar refractivity (Wildman–Crippen MR) is 74.0 cm³/mol. The molecule has 0 radical (unpaired) electrons. The SMILES string of the molecule is COCCCNC(=O)COc1ccc(C(C)N)cc1. The molecule has 1 unspecified atom stereocenters. The molecule has 106 valence electrons. The fourth-order valence-corrected chi connectivity index (χ4v) is 1.51. The molecule has 0 aromatic heterocycles. The second-order valence-electron chi connectivity index (χ2n) is 4.34. The number of carbonyl (C=O) groups excluding carboxylic acids is 1. The van der Waals surface area contributed by atoms with Crippen LogP contribution < -0.4 is 15.8 Å². The van der Waals surface area contributed by atoms with Crippen molar-refractivity contribution in [2.75, 3.05) is 26.9 Å². The predicted octanol–water partition coefficient (Wildman–Crippen LogP) is 1.24. The smallest absolute Gasteiger partial charge is 0.257 e. The van der Waals surface area contributed by atoms with Crippen molar-refractivity contribution in [1.29, 1.82) is 0 Å². The average molecular weight is 266 g/mol. The molecule has 1 atom stereocenters. The molecule has 5 nitrogen and oxygen atoms in total. The van der Waals surface area contributed by atoms with Crippen LogP contribution in [0.25, 0.3) is 0 Å². The highest BCUT2D eigenvalue weighted by molar-refractivity contribution is 5.77. The van der Waals surface area contributed by atoms with Crippen molar-refractivity contribution in [3.05, 3.63) is 29.8 Å². The first kappa shape index (κ1) is 15.5. The van der Waals surface area contributed by atoms with Gasteiger partial charge in [0.1, 0.15) is 5.75 Å². The largest absolute Gasteiger partial charge is 0.484 e. The molecule has 5 heteroatoms. The van der Waals surface area contributed by atoms with E-state index in [4.69, 9.17) is 15.2 Å². The summed E-state index contributed by atoms with van der Waals surface area (Å²) in [6.07, 6.45) is 0.797. The fraction of sp³-hybridized carbons (Fsp3) is 0.500. The van der Waals surface area contributed by atoms with E-state index in [1.807, 2.05) is 31.2 Å². The van der Waals surface area contributed by atoms with Crippen molar-refractivity contribution in [2.45, 2.75) is 19.4 Å². The normalized spacial score (nSPS) is 11.9. The van der Waals surface area contributed by atoms with Crippen molar-refractivity contribution in [1.82, 2.24) is 5.32 Å². The Morgan fingerprint density at radius 1 is 1.37 bits per heavy atom. The van der Waals surface area contributed by atoms with Gasteiger partial charge in [-0.2, -0.15) is 0 Å². The van der Waals surface area contributed by atoms with Crippen LogP contribution in [0.5, 0.6) is 5.75 Å². The van der Waals surface area contributed by atoms with Crippen molar-refractivity contribution in [2.24, 2.45) is 5.73 Å². The maximum Gasteiger partial charge on any atom is 0.257 e. The number of ether oxygens (including phenoxy) is 2. The molecule has 1 amide bonds. The maximum absolute atomic E-state index is 11.5. The van der Waals surface area contributed by atoms with Gasteiger partial charge in [0.25, 0.3) is 5.91 Å². The molecule has 0 saturated carbocycles. The molecule has 0 spiro atoms. The van der Waals surface area contributed by atoms with Gasteiger partial charge in [0.2, 0.25) is 0 Å². The molecule has 1 rings (SSSR count). The van der Waals surface area contributed by atoms with Gasteiger partial charge >= 0.3 is 0 Å². The van der Waals surface area contributed by atoms with Crippen LogP contribution in [0.3, 0.4) is 0 Å². The van der Waals surface area contributed by atoms with Gasteiger partial charge in [0, 0.05) is 26.3 Å². The molecule has 0 saturated heterocycles. The molecule has 0 aliphatic heterocycles. The summed E-state index contributed by atoms with van der Waals surface area (Å²) in [5.74, 6) is 0.531. The van der Waals surface area contributed by atoms with Crippen LogP contribution in [0.15, 0.2) is 24.3 Å². The Bertz CT molecular complexity index is 377. The fourth-order valence-electron chi connectivity index (χ4n) is 1.51. The third kappa shape index (κ3) is 6.22. The maximum atomic E-state index is 11.5. The lowest BCUT2D eigenvalue weighted by atomic mass is 10.1. The molecule has 0 aliphatic rings.